The molecule has 0 unspecified atom stereocenters. The molecular weight excluding hydrogens is 302 g/mol. The van der Waals surface area contributed by atoms with Crippen molar-refractivity contribution in [2.24, 2.45) is 0 Å². The zero-order chi connectivity index (χ0) is 15.8. The Morgan fingerprint density at radius 2 is 1.71 bits per heavy atom. The first-order valence-corrected chi connectivity index (χ1v) is 5.51. The summed E-state index contributed by atoms with van der Waals surface area (Å²) in [6, 6.07) is 3.48. The lowest BCUT2D eigenvalue weighted by atomic mass is 10.2. The van der Waals surface area contributed by atoms with Gasteiger partial charge in [-0.3, -0.25) is 4.57 Å². The van der Waals surface area contributed by atoms with Crippen molar-refractivity contribution in [3.63, 3.8) is 0 Å². The molecule has 0 aliphatic carbocycles. The molecule has 21 heavy (non-hydrogen) atoms. The quantitative estimate of drug-likeness (QED) is 0.786. The second-order valence-corrected chi connectivity index (χ2v) is 4.01. The van der Waals surface area contributed by atoms with E-state index in [9.17, 15) is 26.3 Å². The summed E-state index contributed by atoms with van der Waals surface area (Å²) in [5.74, 6) is -1.68. The molecule has 0 radical (unpaired) electrons. The summed E-state index contributed by atoms with van der Waals surface area (Å²) in [7, 11) is 1.10. The third-order valence-electron chi connectivity index (χ3n) is 2.62. The predicted molar refractivity (Wildman–Crippen MR) is 60.1 cm³/mol. The van der Waals surface area contributed by atoms with E-state index in [2.05, 4.69) is 4.98 Å². The van der Waals surface area contributed by atoms with Crippen molar-refractivity contribution in [1.82, 2.24) is 9.55 Å². The molecule has 2 aromatic rings. The second kappa shape index (κ2) is 4.97. The van der Waals surface area contributed by atoms with Gasteiger partial charge in [0.05, 0.1) is 24.6 Å². The number of ether oxygens (including phenoxy) is 1. The van der Waals surface area contributed by atoms with Crippen molar-refractivity contribution in [2.75, 3.05) is 7.11 Å². The van der Waals surface area contributed by atoms with Crippen molar-refractivity contribution in [1.29, 1.82) is 0 Å². The van der Waals surface area contributed by atoms with E-state index in [1.807, 2.05) is 0 Å². The van der Waals surface area contributed by atoms with Gasteiger partial charge >= 0.3 is 12.4 Å². The van der Waals surface area contributed by atoms with Gasteiger partial charge in [0.2, 0.25) is 11.7 Å². The molecule has 0 saturated heterocycles. The van der Waals surface area contributed by atoms with E-state index in [0.717, 1.165) is 31.5 Å². The molecule has 0 atom stereocenters. The molecule has 0 spiro atoms. The summed E-state index contributed by atoms with van der Waals surface area (Å²) in [5.41, 5.74) is -1.41. The van der Waals surface area contributed by atoms with Crippen LogP contribution < -0.4 is 4.74 Å². The largest absolute Gasteiger partial charge is 0.481 e. The lowest BCUT2D eigenvalue weighted by Gasteiger charge is -2.14. The normalized spacial score (nSPS) is 12.5. The number of methoxy groups -OCH3 is 1. The van der Waals surface area contributed by atoms with Crippen LogP contribution in [0, 0.1) is 0 Å². The second-order valence-electron chi connectivity index (χ2n) is 4.01. The number of hydrogen-bond acceptors (Lipinski definition) is 2. The van der Waals surface area contributed by atoms with Crippen molar-refractivity contribution in [3.05, 3.63) is 41.9 Å². The van der Waals surface area contributed by atoms with Gasteiger partial charge in [-0.2, -0.15) is 26.3 Å². The van der Waals surface area contributed by atoms with Gasteiger partial charge < -0.3 is 4.74 Å². The van der Waals surface area contributed by atoms with E-state index < -0.39 is 23.7 Å². The van der Waals surface area contributed by atoms with Crippen LogP contribution in [0.25, 0.3) is 5.69 Å². The lowest BCUT2D eigenvalue weighted by Crippen LogP contribution is -2.15. The molecule has 1 aromatic carbocycles. The molecule has 0 amide bonds. The number of rotatable bonds is 2. The molecule has 9 heteroatoms. The van der Waals surface area contributed by atoms with Gasteiger partial charge in [0.15, 0.2) is 0 Å². The van der Waals surface area contributed by atoms with Crippen molar-refractivity contribution >= 4 is 0 Å². The summed E-state index contributed by atoms with van der Waals surface area (Å²) in [6.45, 7) is 0. The Bertz CT molecular complexity index is 644. The van der Waals surface area contributed by atoms with Gasteiger partial charge in [-0.05, 0) is 18.2 Å². The number of alkyl halides is 6. The Kier molecular flexibility index (Phi) is 3.60. The van der Waals surface area contributed by atoms with E-state index in [1.54, 1.807) is 0 Å². The maximum atomic E-state index is 12.9. The van der Waals surface area contributed by atoms with Gasteiger partial charge in [0.1, 0.15) is 0 Å². The van der Waals surface area contributed by atoms with Gasteiger partial charge in [-0.15, -0.1) is 0 Å². The first-order valence-electron chi connectivity index (χ1n) is 5.51. The van der Waals surface area contributed by atoms with Crippen molar-refractivity contribution in [2.45, 2.75) is 12.4 Å². The number of halogens is 6. The standard InChI is InChI=1S/C12H8F6N2O/c1-21-9-6-19-10(12(16,17)18)20(9)8-4-2-3-7(5-8)11(13,14)15/h2-6H,1H3. The minimum absolute atomic E-state index is 0.318. The molecular formula is C12H8F6N2O. The van der Waals surface area contributed by atoms with E-state index in [4.69, 9.17) is 4.74 Å². The highest BCUT2D eigenvalue weighted by atomic mass is 19.4. The Hall–Kier alpha value is -2.19. The Balaban J connectivity index is 2.64. The number of imidazole rings is 1. The number of aromatic nitrogens is 2. The molecule has 0 N–H and O–H groups in total. The first kappa shape index (κ1) is 15.2. The van der Waals surface area contributed by atoms with E-state index in [0.29, 0.717) is 10.6 Å². The zero-order valence-electron chi connectivity index (χ0n) is 10.5. The predicted octanol–water partition coefficient (Wildman–Crippen LogP) is 3.92. The fraction of sp³-hybridized carbons (Fsp3) is 0.250. The van der Waals surface area contributed by atoms with Crippen LogP contribution >= 0.6 is 0 Å². The fourth-order valence-electron chi connectivity index (χ4n) is 1.75. The van der Waals surface area contributed by atoms with Crippen LogP contribution in [0.4, 0.5) is 26.3 Å². The van der Waals surface area contributed by atoms with Gasteiger partial charge in [-0.1, -0.05) is 6.07 Å². The SMILES string of the molecule is COc1cnc(C(F)(F)F)n1-c1cccc(C(F)(F)F)c1. The molecule has 0 aliphatic rings. The third-order valence-corrected chi connectivity index (χ3v) is 2.62. The number of benzene rings is 1. The topological polar surface area (TPSA) is 27.1 Å². The van der Waals surface area contributed by atoms with Gasteiger partial charge in [0, 0.05) is 0 Å². The molecule has 1 heterocycles. The van der Waals surface area contributed by atoms with E-state index in [1.165, 1.54) is 0 Å². The summed E-state index contributed by atoms with van der Waals surface area (Å²) < 4.78 is 81.7. The molecule has 0 fully saturated rings. The Labute approximate surface area is 114 Å². The van der Waals surface area contributed by atoms with Gasteiger partial charge in [0.25, 0.3) is 0 Å². The minimum atomic E-state index is -4.83. The molecule has 0 aliphatic heterocycles. The Morgan fingerprint density at radius 1 is 1.05 bits per heavy atom. The highest BCUT2D eigenvalue weighted by Gasteiger charge is 2.39. The number of hydrogen-bond donors (Lipinski definition) is 0. The van der Waals surface area contributed by atoms with Crippen LogP contribution in [0.5, 0.6) is 5.88 Å². The lowest BCUT2D eigenvalue weighted by molar-refractivity contribution is -0.146. The summed E-state index contributed by atoms with van der Waals surface area (Å²) >= 11 is 0. The minimum Gasteiger partial charge on any atom is -0.481 e. The zero-order valence-corrected chi connectivity index (χ0v) is 10.5. The van der Waals surface area contributed by atoms with Crippen LogP contribution in [0.1, 0.15) is 11.4 Å². The Morgan fingerprint density at radius 3 is 2.24 bits per heavy atom. The first-order chi connectivity index (χ1) is 9.64. The molecule has 0 saturated carbocycles. The van der Waals surface area contributed by atoms with Crippen LogP contribution in [0.2, 0.25) is 0 Å². The third kappa shape index (κ3) is 2.96. The average molecular weight is 310 g/mol. The average Bonchev–Trinajstić information content (AvgIpc) is 2.81. The smallest absolute Gasteiger partial charge is 0.450 e. The maximum absolute atomic E-state index is 12.9. The maximum Gasteiger partial charge on any atom is 0.450 e. The highest BCUT2D eigenvalue weighted by Crippen LogP contribution is 2.35. The van der Waals surface area contributed by atoms with Crippen LogP contribution in [0.3, 0.4) is 0 Å². The van der Waals surface area contributed by atoms with Crippen molar-refractivity contribution in [3.8, 4) is 11.6 Å². The van der Waals surface area contributed by atoms with E-state index >= 15 is 0 Å². The van der Waals surface area contributed by atoms with Crippen molar-refractivity contribution < 1.29 is 31.1 Å². The summed E-state index contributed by atoms with van der Waals surface area (Å²) in [4.78, 5) is 3.16. The summed E-state index contributed by atoms with van der Waals surface area (Å²) in [6.07, 6.45) is -8.70. The summed E-state index contributed by atoms with van der Waals surface area (Å²) in [5, 5.41) is 0. The van der Waals surface area contributed by atoms with Crippen LogP contribution in [-0.2, 0) is 12.4 Å². The molecule has 0 bridgehead atoms. The monoisotopic (exact) mass is 310 g/mol. The number of nitrogens with zero attached hydrogens (tertiary/aromatic N) is 2. The fourth-order valence-corrected chi connectivity index (χ4v) is 1.75. The molecule has 114 valence electrons. The van der Waals surface area contributed by atoms with Crippen LogP contribution in [-0.4, -0.2) is 16.7 Å². The molecule has 2 rings (SSSR count). The van der Waals surface area contributed by atoms with Gasteiger partial charge in [-0.25, -0.2) is 4.98 Å². The highest BCUT2D eigenvalue weighted by molar-refractivity contribution is 5.41. The van der Waals surface area contributed by atoms with E-state index in [-0.39, 0.29) is 11.6 Å². The molecule has 1 aromatic heterocycles. The molecule has 3 nitrogen and oxygen atoms in total. The van der Waals surface area contributed by atoms with Crippen LogP contribution in [0.15, 0.2) is 30.5 Å².